The summed E-state index contributed by atoms with van der Waals surface area (Å²) >= 11 is 13.3. The maximum absolute atomic E-state index is 5.93. The molecule has 5 heteroatoms. The Balaban J connectivity index is 2.30. The summed E-state index contributed by atoms with van der Waals surface area (Å²) in [7, 11) is 0. The molecule has 1 atom stereocenters. The van der Waals surface area contributed by atoms with Gasteiger partial charge >= 0.3 is 0 Å². The van der Waals surface area contributed by atoms with Gasteiger partial charge in [-0.05, 0) is 42.4 Å². The van der Waals surface area contributed by atoms with E-state index in [4.69, 9.17) is 27.6 Å². The van der Waals surface area contributed by atoms with E-state index in [1.807, 2.05) is 25.1 Å². The second kappa shape index (κ2) is 5.23. The molecule has 2 rings (SSSR count). The fourth-order valence-electron chi connectivity index (χ4n) is 1.51. The second-order valence-corrected chi connectivity index (χ2v) is 5.39. The Morgan fingerprint density at radius 2 is 2.12 bits per heavy atom. The van der Waals surface area contributed by atoms with Gasteiger partial charge in [-0.25, -0.2) is 0 Å². The van der Waals surface area contributed by atoms with Gasteiger partial charge in [0.2, 0.25) is 0 Å². The monoisotopic (exact) mass is 275 g/mol. The van der Waals surface area contributed by atoms with Crippen LogP contribution in [0.5, 0.6) is 0 Å². The summed E-state index contributed by atoms with van der Waals surface area (Å²) in [4.78, 5) is 1.12. The predicted molar refractivity (Wildman–Crippen MR) is 68.6 cm³/mol. The van der Waals surface area contributed by atoms with Gasteiger partial charge in [-0.15, -0.1) is 11.3 Å². The minimum atomic E-state index is 0.0231. The third-order valence-corrected chi connectivity index (χ3v) is 3.66. The maximum atomic E-state index is 5.93. The lowest BCUT2D eigenvalue weighted by molar-refractivity contribution is 0.457. The van der Waals surface area contributed by atoms with Crippen LogP contribution in [0, 0.1) is 0 Å². The third-order valence-electron chi connectivity index (χ3n) is 2.17. The van der Waals surface area contributed by atoms with Gasteiger partial charge in [0.05, 0.1) is 4.34 Å². The highest BCUT2D eigenvalue weighted by atomic mass is 35.5. The van der Waals surface area contributed by atoms with Crippen LogP contribution in [0.1, 0.15) is 23.6 Å². The summed E-state index contributed by atoms with van der Waals surface area (Å²) < 4.78 is 6.20. The third kappa shape index (κ3) is 2.61. The van der Waals surface area contributed by atoms with Crippen LogP contribution in [-0.4, -0.2) is 6.54 Å². The fraction of sp³-hybridized carbons (Fsp3) is 0.273. The number of nitrogens with one attached hydrogen (secondary N) is 1. The highest BCUT2D eigenvalue weighted by Crippen LogP contribution is 2.32. The highest BCUT2D eigenvalue weighted by molar-refractivity contribution is 7.16. The van der Waals surface area contributed by atoms with E-state index >= 15 is 0 Å². The quantitative estimate of drug-likeness (QED) is 0.898. The van der Waals surface area contributed by atoms with Crippen LogP contribution in [0.3, 0.4) is 0 Å². The average Bonchev–Trinajstić information content (AvgIpc) is 2.84. The van der Waals surface area contributed by atoms with E-state index in [9.17, 15) is 0 Å². The van der Waals surface area contributed by atoms with E-state index in [1.165, 1.54) is 11.3 Å². The first kappa shape index (κ1) is 12.0. The number of thiophene rings is 1. The lowest BCUT2D eigenvalue weighted by Crippen LogP contribution is -2.20. The molecule has 1 unspecified atom stereocenters. The molecule has 2 aromatic rings. The van der Waals surface area contributed by atoms with E-state index < -0.39 is 0 Å². The summed E-state index contributed by atoms with van der Waals surface area (Å²) in [5.74, 6) is 0.811. The molecule has 0 amide bonds. The van der Waals surface area contributed by atoms with Crippen molar-refractivity contribution in [3.63, 3.8) is 0 Å². The van der Waals surface area contributed by atoms with Gasteiger partial charge in [-0.1, -0.05) is 18.5 Å². The van der Waals surface area contributed by atoms with Crippen LogP contribution in [0.15, 0.2) is 28.7 Å². The van der Waals surface area contributed by atoms with Crippen molar-refractivity contribution >= 4 is 34.5 Å². The van der Waals surface area contributed by atoms with E-state index in [0.29, 0.717) is 5.22 Å². The number of hydrogen-bond acceptors (Lipinski definition) is 3. The molecule has 0 radical (unpaired) electrons. The molecule has 2 aromatic heterocycles. The first-order valence-electron chi connectivity index (χ1n) is 4.94. The lowest BCUT2D eigenvalue weighted by atomic mass is 10.2. The standard InChI is InChI=1S/C11H11Cl2NOS/c1-2-14-11(7-3-5-9(12)15-7)8-4-6-10(13)16-8/h3-6,11,14H,2H2,1H3. The SMILES string of the molecule is CCNC(c1ccc(Cl)o1)c1ccc(Cl)s1. The van der Waals surface area contributed by atoms with Crippen molar-refractivity contribution in [2.45, 2.75) is 13.0 Å². The highest BCUT2D eigenvalue weighted by Gasteiger charge is 2.18. The molecule has 0 saturated carbocycles. The first-order valence-corrected chi connectivity index (χ1v) is 6.51. The van der Waals surface area contributed by atoms with Crippen LogP contribution in [-0.2, 0) is 0 Å². The average molecular weight is 276 g/mol. The van der Waals surface area contributed by atoms with Gasteiger partial charge in [0.1, 0.15) is 11.8 Å². The molecular formula is C11H11Cl2NOS. The zero-order valence-corrected chi connectivity index (χ0v) is 11.0. The number of rotatable bonds is 4. The largest absolute Gasteiger partial charge is 0.448 e. The van der Waals surface area contributed by atoms with E-state index in [2.05, 4.69) is 5.32 Å². The zero-order valence-electron chi connectivity index (χ0n) is 8.67. The molecular weight excluding hydrogens is 265 g/mol. The Kier molecular flexibility index (Phi) is 3.92. The minimum absolute atomic E-state index is 0.0231. The van der Waals surface area contributed by atoms with Crippen molar-refractivity contribution in [3.8, 4) is 0 Å². The van der Waals surface area contributed by atoms with Crippen molar-refractivity contribution in [2.75, 3.05) is 6.54 Å². The van der Waals surface area contributed by atoms with Crippen LogP contribution in [0.25, 0.3) is 0 Å². The van der Waals surface area contributed by atoms with Crippen molar-refractivity contribution in [2.24, 2.45) is 0 Å². The summed E-state index contributed by atoms with van der Waals surface area (Å²) in [5.41, 5.74) is 0. The molecule has 1 N–H and O–H groups in total. The second-order valence-electron chi connectivity index (χ2n) is 3.27. The molecule has 0 bridgehead atoms. The van der Waals surface area contributed by atoms with Crippen molar-refractivity contribution in [1.29, 1.82) is 0 Å². The number of hydrogen-bond donors (Lipinski definition) is 1. The van der Waals surface area contributed by atoms with E-state index in [0.717, 1.165) is 21.5 Å². The Labute approximate surface area is 108 Å². The van der Waals surface area contributed by atoms with Gasteiger partial charge in [0.15, 0.2) is 5.22 Å². The van der Waals surface area contributed by atoms with Crippen molar-refractivity contribution < 1.29 is 4.42 Å². The Morgan fingerprint density at radius 1 is 1.31 bits per heavy atom. The molecule has 0 aliphatic carbocycles. The van der Waals surface area contributed by atoms with Crippen LogP contribution in [0.2, 0.25) is 9.56 Å². The van der Waals surface area contributed by atoms with Gasteiger partial charge < -0.3 is 9.73 Å². The van der Waals surface area contributed by atoms with E-state index in [1.54, 1.807) is 6.07 Å². The Hall–Kier alpha value is -0.480. The minimum Gasteiger partial charge on any atom is -0.448 e. The molecule has 16 heavy (non-hydrogen) atoms. The molecule has 0 aliphatic heterocycles. The first-order chi connectivity index (χ1) is 7.70. The molecule has 2 nitrogen and oxygen atoms in total. The van der Waals surface area contributed by atoms with Crippen molar-refractivity contribution in [3.05, 3.63) is 44.5 Å². The van der Waals surface area contributed by atoms with Crippen molar-refractivity contribution in [1.82, 2.24) is 5.32 Å². The van der Waals surface area contributed by atoms with Gasteiger partial charge in [-0.3, -0.25) is 0 Å². The number of halogens is 2. The molecule has 2 heterocycles. The summed E-state index contributed by atoms with van der Waals surface area (Å²) in [6.07, 6.45) is 0. The van der Waals surface area contributed by atoms with Crippen LogP contribution in [0.4, 0.5) is 0 Å². The Bertz CT molecular complexity index is 426. The molecule has 0 saturated heterocycles. The smallest absolute Gasteiger partial charge is 0.193 e. The summed E-state index contributed by atoms with van der Waals surface area (Å²) in [6.45, 7) is 2.89. The fourth-order valence-corrected chi connectivity index (χ4v) is 2.81. The van der Waals surface area contributed by atoms with Gasteiger partial charge in [-0.2, -0.15) is 0 Å². The van der Waals surface area contributed by atoms with Gasteiger partial charge in [0, 0.05) is 4.88 Å². The zero-order chi connectivity index (χ0) is 11.5. The van der Waals surface area contributed by atoms with Crippen LogP contribution >= 0.6 is 34.5 Å². The molecule has 0 aliphatic rings. The molecule has 86 valence electrons. The molecule has 0 spiro atoms. The van der Waals surface area contributed by atoms with Gasteiger partial charge in [0.25, 0.3) is 0 Å². The molecule has 0 fully saturated rings. The topological polar surface area (TPSA) is 25.2 Å². The predicted octanol–water partition coefficient (Wildman–Crippen LogP) is 4.35. The summed E-state index contributed by atoms with van der Waals surface area (Å²) in [5, 5.41) is 3.74. The maximum Gasteiger partial charge on any atom is 0.193 e. The van der Waals surface area contributed by atoms with Crippen LogP contribution < -0.4 is 5.32 Å². The Morgan fingerprint density at radius 3 is 2.62 bits per heavy atom. The molecule has 0 aromatic carbocycles. The lowest BCUT2D eigenvalue weighted by Gasteiger charge is -2.13. The summed E-state index contributed by atoms with van der Waals surface area (Å²) in [6, 6.07) is 7.53. The van der Waals surface area contributed by atoms with E-state index in [-0.39, 0.29) is 6.04 Å². The number of furan rings is 1. The normalized spacial score (nSPS) is 12.9.